The van der Waals surface area contributed by atoms with Crippen LogP contribution in [0.3, 0.4) is 0 Å². The molecule has 1 amide bonds. The van der Waals surface area contributed by atoms with Crippen LogP contribution in [0.5, 0.6) is 5.75 Å². The number of anilines is 1. The number of amides is 1. The molecule has 1 heterocycles. The molecule has 0 bridgehead atoms. The molecule has 116 valence electrons. The Kier molecular flexibility index (Phi) is 4.44. The van der Waals surface area contributed by atoms with Crippen LogP contribution in [0.4, 0.5) is 5.69 Å². The van der Waals surface area contributed by atoms with Crippen LogP contribution in [0.15, 0.2) is 54.7 Å². The molecule has 1 aromatic heterocycles. The van der Waals surface area contributed by atoms with Crippen LogP contribution in [-0.4, -0.2) is 17.5 Å². The smallest absolute Gasteiger partial charge is 0.262 e. The summed E-state index contributed by atoms with van der Waals surface area (Å²) in [6.07, 6.45) is 1.65. The number of carbonyl (C=O) groups excluding carboxylic acids is 1. The zero-order valence-corrected chi connectivity index (χ0v) is 13.3. The third kappa shape index (κ3) is 3.43. The van der Waals surface area contributed by atoms with Crippen LogP contribution in [0.25, 0.3) is 10.9 Å². The summed E-state index contributed by atoms with van der Waals surface area (Å²) < 4.78 is 5.45. The van der Waals surface area contributed by atoms with Crippen LogP contribution in [-0.2, 0) is 4.79 Å². The molecule has 0 spiro atoms. The Bertz CT molecular complexity index is 850. The number of hydrogen-bond donors (Lipinski definition) is 1. The highest BCUT2D eigenvalue weighted by molar-refractivity contribution is 6.32. The second-order valence-electron chi connectivity index (χ2n) is 5.08. The van der Waals surface area contributed by atoms with Gasteiger partial charge in [0.1, 0.15) is 5.75 Å². The van der Waals surface area contributed by atoms with Crippen LogP contribution in [0, 0.1) is 6.92 Å². The minimum Gasteiger partial charge on any atom is -0.484 e. The maximum Gasteiger partial charge on any atom is 0.262 e. The van der Waals surface area contributed by atoms with Gasteiger partial charge in [0.25, 0.3) is 5.91 Å². The number of fused-ring (bicyclic) bond motifs is 1. The number of carbonyl (C=O) groups is 1. The molecule has 0 unspecified atom stereocenters. The molecule has 3 aromatic rings. The van der Waals surface area contributed by atoms with E-state index in [0.717, 1.165) is 16.5 Å². The van der Waals surface area contributed by atoms with Gasteiger partial charge >= 0.3 is 0 Å². The number of ether oxygens (including phenoxy) is 1. The van der Waals surface area contributed by atoms with Crippen molar-refractivity contribution in [3.05, 3.63) is 65.3 Å². The lowest BCUT2D eigenvalue weighted by atomic mass is 10.1. The van der Waals surface area contributed by atoms with Crippen molar-refractivity contribution in [2.75, 3.05) is 11.9 Å². The number of nitrogens with zero attached hydrogens (tertiary/aromatic N) is 1. The number of aromatic nitrogens is 1. The Morgan fingerprint density at radius 1 is 1.17 bits per heavy atom. The topological polar surface area (TPSA) is 51.2 Å². The van der Waals surface area contributed by atoms with Gasteiger partial charge in [-0.05, 0) is 42.8 Å². The van der Waals surface area contributed by atoms with Gasteiger partial charge in [-0.15, -0.1) is 0 Å². The van der Waals surface area contributed by atoms with Crippen molar-refractivity contribution in [2.24, 2.45) is 0 Å². The Labute approximate surface area is 139 Å². The fraction of sp³-hybridized carbons (Fsp3) is 0.111. The average molecular weight is 327 g/mol. The van der Waals surface area contributed by atoms with E-state index in [1.165, 1.54) is 0 Å². The van der Waals surface area contributed by atoms with Gasteiger partial charge in [-0.3, -0.25) is 9.78 Å². The predicted molar refractivity (Wildman–Crippen MR) is 92.1 cm³/mol. The van der Waals surface area contributed by atoms with E-state index in [1.54, 1.807) is 30.5 Å². The summed E-state index contributed by atoms with van der Waals surface area (Å²) >= 11 is 6.12. The largest absolute Gasteiger partial charge is 0.484 e. The molecule has 0 aliphatic carbocycles. The quantitative estimate of drug-likeness (QED) is 0.781. The van der Waals surface area contributed by atoms with E-state index >= 15 is 0 Å². The van der Waals surface area contributed by atoms with Crippen molar-refractivity contribution in [3.8, 4) is 5.75 Å². The van der Waals surface area contributed by atoms with Crippen LogP contribution >= 0.6 is 11.6 Å². The first kappa shape index (κ1) is 15.3. The van der Waals surface area contributed by atoms with Crippen molar-refractivity contribution in [3.63, 3.8) is 0 Å². The van der Waals surface area contributed by atoms with E-state index in [-0.39, 0.29) is 12.5 Å². The lowest BCUT2D eigenvalue weighted by Gasteiger charge is -2.11. The van der Waals surface area contributed by atoms with Gasteiger partial charge in [0.15, 0.2) is 6.61 Å². The number of aryl methyl sites for hydroxylation is 1. The fourth-order valence-electron chi connectivity index (χ4n) is 2.30. The number of benzene rings is 2. The zero-order valence-electron chi connectivity index (χ0n) is 12.5. The Morgan fingerprint density at radius 2 is 1.96 bits per heavy atom. The summed E-state index contributed by atoms with van der Waals surface area (Å²) in [6, 6.07) is 14.6. The van der Waals surface area contributed by atoms with Gasteiger partial charge in [-0.25, -0.2) is 0 Å². The van der Waals surface area contributed by atoms with E-state index in [0.29, 0.717) is 16.5 Å². The minimum absolute atomic E-state index is 0.0552. The number of hydrogen-bond acceptors (Lipinski definition) is 3. The first-order valence-corrected chi connectivity index (χ1v) is 7.54. The van der Waals surface area contributed by atoms with E-state index in [2.05, 4.69) is 10.3 Å². The second kappa shape index (κ2) is 6.67. The maximum absolute atomic E-state index is 12.1. The lowest BCUT2D eigenvalue weighted by Crippen LogP contribution is -2.20. The summed E-state index contributed by atoms with van der Waals surface area (Å²) in [5.74, 6) is 0.429. The number of halogens is 1. The molecular weight excluding hydrogens is 312 g/mol. The SMILES string of the molecule is Cc1c(Cl)ccc2c(NC(=O)COc3ccccc3)ccnc12. The molecular formula is C18H15ClN2O2. The highest BCUT2D eigenvalue weighted by Crippen LogP contribution is 2.28. The minimum atomic E-state index is -0.228. The molecule has 5 heteroatoms. The number of pyridine rings is 1. The first-order chi connectivity index (χ1) is 11.1. The molecule has 0 radical (unpaired) electrons. The van der Waals surface area contributed by atoms with E-state index in [9.17, 15) is 4.79 Å². The summed E-state index contributed by atoms with van der Waals surface area (Å²) in [6.45, 7) is 1.85. The van der Waals surface area contributed by atoms with Crippen LogP contribution in [0.1, 0.15) is 5.56 Å². The van der Waals surface area contributed by atoms with Gasteiger partial charge in [0, 0.05) is 16.6 Å². The highest BCUT2D eigenvalue weighted by atomic mass is 35.5. The monoisotopic (exact) mass is 326 g/mol. The summed E-state index contributed by atoms with van der Waals surface area (Å²) in [5.41, 5.74) is 2.36. The third-order valence-electron chi connectivity index (χ3n) is 3.49. The fourth-order valence-corrected chi connectivity index (χ4v) is 2.45. The van der Waals surface area contributed by atoms with Gasteiger partial charge in [0.05, 0.1) is 11.2 Å². The Morgan fingerprint density at radius 3 is 2.74 bits per heavy atom. The molecule has 4 nitrogen and oxygen atoms in total. The third-order valence-corrected chi connectivity index (χ3v) is 3.90. The molecule has 3 rings (SSSR count). The second-order valence-corrected chi connectivity index (χ2v) is 5.48. The van der Waals surface area contributed by atoms with Crippen molar-refractivity contribution in [1.82, 2.24) is 4.98 Å². The van der Waals surface area contributed by atoms with Crippen molar-refractivity contribution >= 4 is 34.1 Å². The average Bonchev–Trinajstić information content (AvgIpc) is 2.58. The number of nitrogens with one attached hydrogen (secondary N) is 1. The zero-order chi connectivity index (χ0) is 16.2. The number of rotatable bonds is 4. The molecule has 0 aliphatic rings. The van der Waals surface area contributed by atoms with Gasteiger partial charge in [-0.2, -0.15) is 0 Å². The molecule has 0 fully saturated rings. The Hall–Kier alpha value is -2.59. The van der Waals surface area contributed by atoms with Crippen LogP contribution < -0.4 is 10.1 Å². The van der Waals surface area contributed by atoms with Crippen molar-refractivity contribution in [1.29, 1.82) is 0 Å². The molecule has 0 saturated heterocycles. The van der Waals surface area contributed by atoms with E-state index in [4.69, 9.17) is 16.3 Å². The first-order valence-electron chi connectivity index (χ1n) is 7.16. The number of para-hydroxylation sites is 1. The summed E-state index contributed by atoms with van der Waals surface area (Å²) in [5, 5.41) is 4.36. The summed E-state index contributed by atoms with van der Waals surface area (Å²) in [7, 11) is 0. The molecule has 0 atom stereocenters. The highest BCUT2D eigenvalue weighted by Gasteiger charge is 2.10. The van der Waals surface area contributed by atoms with Gasteiger partial charge < -0.3 is 10.1 Å². The molecule has 1 N–H and O–H groups in total. The van der Waals surface area contributed by atoms with E-state index < -0.39 is 0 Å². The van der Waals surface area contributed by atoms with Gasteiger partial charge in [0.2, 0.25) is 0 Å². The Balaban J connectivity index is 1.76. The van der Waals surface area contributed by atoms with Crippen molar-refractivity contribution < 1.29 is 9.53 Å². The predicted octanol–water partition coefficient (Wildman–Crippen LogP) is 4.21. The molecule has 23 heavy (non-hydrogen) atoms. The van der Waals surface area contributed by atoms with Gasteiger partial charge in [-0.1, -0.05) is 29.8 Å². The normalized spacial score (nSPS) is 10.5. The molecule has 0 saturated carbocycles. The van der Waals surface area contributed by atoms with E-state index in [1.807, 2.05) is 31.2 Å². The maximum atomic E-state index is 12.1. The molecule has 0 aliphatic heterocycles. The lowest BCUT2D eigenvalue weighted by molar-refractivity contribution is -0.118. The molecule has 2 aromatic carbocycles. The standard InChI is InChI=1S/C18H15ClN2O2/c1-12-15(19)8-7-14-16(9-10-20-18(12)14)21-17(22)11-23-13-5-3-2-4-6-13/h2-10H,11H2,1H3,(H,20,21,22). The van der Waals surface area contributed by atoms with Crippen molar-refractivity contribution in [2.45, 2.75) is 6.92 Å². The van der Waals surface area contributed by atoms with Crippen LogP contribution in [0.2, 0.25) is 5.02 Å². The summed E-state index contributed by atoms with van der Waals surface area (Å²) in [4.78, 5) is 16.4.